The number of hydrogen-bond acceptors (Lipinski definition) is 1. The van der Waals surface area contributed by atoms with Crippen LogP contribution < -0.4 is 5.73 Å². The number of rotatable bonds is 5. The largest absolute Gasteiger partial charge is 0.327 e. The molecule has 0 aliphatic heterocycles. The van der Waals surface area contributed by atoms with Gasteiger partial charge in [0.2, 0.25) is 0 Å². The molecule has 1 unspecified atom stereocenters. The van der Waals surface area contributed by atoms with Gasteiger partial charge in [-0.05, 0) is 42.9 Å². The average molecular weight is 305 g/mol. The molecule has 16 heavy (non-hydrogen) atoms. The third-order valence-electron chi connectivity index (χ3n) is 2.85. The Balaban J connectivity index is 2.43. The monoisotopic (exact) mass is 303 g/mol. The molecule has 0 aliphatic rings. The van der Waals surface area contributed by atoms with E-state index in [0.717, 1.165) is 28.8 Å². The molecule has 0 bridgehead atoms. The molecular weight excluding hydrogens is 286 g/mol. The minimum absolute atomic E-state index is 0.300. The minimum atomic E-state index is 0.300. The van der Waals surface area contributed by atoms with Gasteiger partial charge in [-0.25, -0.2) is 0 Å². The van der Waals surface area contributed by atoms with Gasteiger partial charge in [0, 0.05) is 15.5 Å². The quantitative estimate of drug-likeness (QED) is 0.857. The van der Waals surface area contributed by atoms with Crippen LogP contribution in [-0.4, -0.2) is 6.04 Å². The van der Waals surface area contributed by atoms with Crippen molar-refractivity contribution in [2.24, 2.45) is 11.7 Å². The lowest BCUT2D eigenvalue weighted by Crippen LogP contribution is -2.26. The Kier molecular flexibility index (Phi) is 5.81. The second-order valence-electron chi connectivity index (χ2n) is 4.54. The molecule has 0 spiro atoms. The fraction of sp³-hybridized carbons (Fsp3) is 0.538. The van der Waals surface area contributed by atoms with Crippen molar-refractivity contribution in [1.29, 1.82) is 0 Å². The fourth-order valence-electron chi connectivity index (χ4n) is 1.59. The molecule has 2 N–H and O–H groups in total. The molecule has 1 nitrogen and oxygen atoms in total. The van der Waals surface area contributed by atoms with Gasteiger partial charge < -0.3 is 5.73 Å². The van der Waals surface area contributed by atoms with Crippen LogP contribution in [0.15, 0.2) is 22.7 Å². The summed E-state index contributed by atoms with van der Waals surface area (Å²) in [4.78, 5) is 0. The SMILES string of the molecule is CC(C)C(N)CCCc1ccc(Br)cc1Cl. The predicted octanol–water partition coefficient (Wildman–Crippen LogP) is 4.41. The zero-order valence-electron chi connectivity index (χ0n) is 9.84. The first kappa shape index (κ1) is 14.0. The summed E-state index contributed by atoms with van der Waals surface area (Å²) in [5.41, 5.74) is 7.21. The second kappa shape index (κ2) is 6.63. The van der Waals surface area contributed by atoms with E-state index in [2.05, 4.69) is 35.8 Å². The highest BCUT2D eigenvalue weighted by molar-refractivity contribution is 9.10. The van der Waals surface area contributed by atoms with Gasteiger partial charge in [0.05, 0.1) is 0 Å². The van der Waals surface area contributed by atoms with Crippen LogP contribution in [0.4, 0.5) is 0 Å². The molecule has 0 amide bonds. The summed E-state index contributed by atoms with van der Waals surface area (Å²) < 4.78 is 1.03. The van der Waals surface area contributed by atoms with E-state index in [0.29, 0.717) is 12.0 Å². The normalized spacial score (nSPS) is 13.1. The number of nitrogens with two attached hydrogens (primary N) is 1. The average Bonchev–Trinajstić information content (AvgIpc) is 2.20. The Morgan fingerprint density at radius 1 is 1.38 bits per heavy atom. The van der Waals surface area contributed by atoms with Crippen LogP contribution in [0, 0.1) is 5.92 Å². The summed E-state index contributed by atoms with van der Waals surface area (Å²) in [5, 5.41) is 0.840. The van der Waals surface area contributed by atoms with Gasteiger partial charge in [0.15, 0.2) is 0 Å². The van der Waals surface area contributed by atoms with Crippen molar-refractivity contribution in [1.82, 2.24) is 0 Å². The van der Waals surface area contributed by atoms with E-state index in [4.69, 9.17) is 17.3 Å². The molecule has 90 valence electrons. The van der Waals surface area contributed by atoms with Gasteiger partial charge in [-0.3, -0.25) is 0 Å². The number of aryl methyl sites for hydroxylation is 1. The summed E-state index contributed by atoms with van der Waals surface area (Å²) in [6, 6.07) is 6.35. The van der Waals surface area contributed by atoms with E-state index in [1.807, 2.05) is 12.1 Å². The Morgan fingerprint density at radius 3 is 2.62 bits per heavy atom. The third-order valence-corrected chi connectivity index (χ3v) is 3.70. The summed E-state index contributed by atoms with van der Waals surface area (Å²) in [7, 11) is 0. The second-order valence-corrected chi connectivity index (χ2v) is 5.86. The van der Waals surface area contributed by atoms with Crippen molar-refractivity contribution in [2.45, 2.75) is 39.2 Å². The molecule has 1 aromatic rings. The van der Waals surface area contributed by atoms with Crippen molar-refractivity contribution in [3.05, 3.63) is 33.3 Å². The lowest BCUT2D eigenvalue weighted by atomic mass is 9.98. The predicted molar refractivity (Wildman–Crippen MR) is 74.9 cm³/mol. The van der Waals surface area contributed by atoms with Crippen LogP contribution in [0.1, 0.15) is 32.3 Å². The zero-order valence-corrected chi connectivity index (χ0v) is 12.2. The van der Waals surface area contributed by atoms with Crippen molar-refractivity contribution in [3.63, 3.8) is 0 Å². The fourth-order valence-corrected chi connectivity index (χ4v) is 2.35. The molecule has 1 atom stereocenters. The Hall–Kier alpha value is -0.0500. The van der Waals surface area contributed by atoms with Crippen molar-refractivity contribution >= 4 is 27.5 Å². The Morgan fingerprint density at radius 2 is 2.06 bits per heavy atom. The first-order chi connectivity index (χ1) is 7.50. The summed E-state index contributed by atoms with van der Waals surface area (Å²) in [5.74, 6) is 0.556. The third kappa shape index (κ3) is 4.44. The smallest absolute Gasteiger partial charge is 0.0449 e. The van der Waals surface area contributed by atoms with Crippen LogP contribution in [-0.2, 0) is 6.42 Å². The van der Waals surface area contributed by atoms with Crippen molar-refractivity contribution in [2.75, 3.05) is 0 Å². The zero-order chi connectivity index (χ0) is 12.1. The standard InChI is InChI=1S/C13H19BrClN/c1-9(2)13(16)5-3-4-10-6-7-11(14)8-12(10)15/h6-9,13H,3-5,16H2,1-2H3. The lowest BCUT2D eigenvalue weighted by Gasteiger charge is -2.15. The molecule has 0 fully saturated rings. The number of benzene rings is 1. The van der Waals surface area contributed by atoms with Gasteiger partial charge in [-0.2, -0.15) is 0 Å². The lowest BCUT2D eigenvalue weighted by molar-refractivity contribution is 0.452. The first-order valence-corrected chi connectivity index (χ1v) is 6.87. The van der Waals surface area contributed by atoms with Crippen LogP contribution in [0.2, 0.25) is 5.02 Å². The van der Waals surface area contributed by atoms with Gasteiger partial charge in [0.1, 0.15) is 0 Å². The van der Waals surface area contributed by atoms with Crippen LogP contribution in [0.5, 0.6) is 0 Å². The van der Waals surface area contributed by atoms with Crippen LogP contribution in [0.25, 0.3) is 0 Å². The molecule has 0 radical (unpaired) electrons. The van der Waals surface area contributed by atoms with E-state index < -0.39 is 0 Å². The van der Waals surface area contributed by atoms with E-state index in [-0.39, 0.29) is 0 Å². The Labute approximate surface area is 111 Å². The summed E-state index contributed by atoms with van der Waals surface area (Å²) in [6.45, 7) is 4.33. The van der Waals surface area contributed by atoms with Gasteiger partial charge in [0.25, 0.3) is 0 Å². The Bertz CT molecular complexity index is 339. The molecule has 3 heteroatoms. The van der Waals surface area contributed by atoms with E-state index in [1.54, 1.807) is 0 Å². The molecule has 0 heterocycles. The topological polar surface area (TPSA) is 26.0 Å². The van der Waals surface area contributed by atoms with Gasteiger partial charge >= 0.3 is 0 Å². The number of hydrogen-bond donors (Lipinski definition) is 1. The maximum Gasteiger partial charge on any atom is 0.0449 e. The molecule has 0 aromatic heterocycles. The van der Waals surface area contributed by atoms with Gasteiger partial charge in [-0.15, -0.1) is 0 Å². The molecule has 1 aromatic carbocycles. The van der Waals surface area contributed by atoms with Crippen LogP contribution in [0.3, 0.4) is 0 Å². The maximum atomic E-state index is 6.15. The maximum absolute atomic E-state index is 6.15. The molecule has 0 saturated heterocycles. The highest BCUT2D eigenvalue weighted by Crippen LogP contribution is 2.23. The highest BCUT2D eigenvalue weighted by Gasteiger charge is 2.08. The highest BCUT2D eigenvalue weighted by atomic mass is 79.9. The van der Waals surface area contributed by atoms with Crippen molar-refractivity contribution in [3.8, 4) is 0 Å². The number of halogens is 2. The molecule has 0 saturated carbocycles. The van der Waals surface area contributed by atoms with E-state index in [1.165, 1.54) is 5.56 Å². The first-order valence-electron chi connectivity index (χ1n) is 5.70. The van der Waals surface area contributed by atoms with Crippen molar-refractivity contribution < 1.29 is 0 Å². The summed E-state index contributed by atoms with van der Waals surface area (Å²) >= 11 is 9.55. The molecular formula is C13H19BrClN. The van der Waals surface area contributed by atoms with Gasteiger partial charge in [-0.1, -0.05) is 47.4 Å². The van der Waals surface area contributed by atoms with Crippen LogP contribution >= 0.6 is 27.5 Å². The molecule has 0 aliphatic carbocycles. The molecule has 1 rings (SSSR count). The van der Waals surface area contributed by atoms with E-state index >= 15 is 0 Å². The minimum Gasteiger partial charge on any atom is -0.327 e. The van der Waals surface area contributed by atoms with E-state index in [9.17, 15) is 0 Å². The summed E-state index contributed by atoms with van der Waals surface area (Å²) in [6.07, 6.45) is 3.16.